The minimum Gasteiger partial charge on any atom is -0.463 e. The Bertz CT molecular complexity index is 1620. The fraction of sp³-hybridized carbons (Fsp3) is 0.364. The van der Waals surface area contributed by atoms with Crippen LogP contribution in [0.15, 0.2) is 59.7 Å². The Hall–Kier alpha value is -5.13. The quantitative estimate of drug-likeness (QED) is 0.270. The van der Waals surface area contributed by atoms with Crippen LogP contribution < -0.4 is 19.3 Å². The molecule has 0 spiro atoms. The Labute approximate surface area is 257 Å². The van der Waals surface area contributed by atoms with Crippen molar-refractivity contribution in [3.63, 3.8) is 0 Å². The molecule has 45 heavy (non-hydrogen) atoms. The first-order valence-electron chi connectivity index (χ1n) is 14.5. The molecule has 4 amide bonds. The van der Waals surface area contributed by atoms with Gasteiger partial charge in [0.15, 0.2) is 0 Å². The monoisotopic (exact) mass is 614 g/mol. The number of anilines is 2. The lowest BCUT2D eigenvalue weighted by atomic mass is 9.43. The highest BCUT2D eigenvalue weighted by molar-refractivity contribution is 6.27. The van der Waals surface area contributed by atoms with E-state index in [-0.39, 0.29) is 35.1 Å². The van der Waals surface area contributed by atoms with Gasteiger partial charge in [0.05, 0.1) is 41.7 Å². The first-order valence-corrected chi connectivity index (χ1v) is 14.5. The van der Waals surface area contributed by atoms with Gasteiger partial charge in [0.1, 0.15) is 11.5 Å². The van der Waals surface area contributed by atoms with Crippen LogP contribution in [-0.2, 0) is 38.3 Å². The molecular weight excluding hydrogens is 584 g/mol. The second-order valence-electron chi connectivity index (χ2n) is 11.8. The smallest absolute Gasteiger partial charge is 0.334 e. The Kier molecular flexibility index (Phi) is 6.98. The number of rotatable bonds is 6. The summed E-state index contributed by atoms with van der Waals surface area (Å²) in [5.41, 5.74) is -0.520. The van der Waals surface area contributed by atoms with Crippen molar-refractivity contribution in [2.75, 3.05) is 16.4 Å². The van der Waals surface area contributed by atoms with Crippen LogP contribution in [0, 0.1) is 35.0 Å². The molecule has 1 saturated carbocycles. The third-order valence-electron chi connectivity index (χ3n) is 9.39. The molecule has 2 heterocycles. The molecule has 2 bridgehead atoms. The van der Waals surface area contributed by atoms with Gasteiger partial charge in [0.2, 0.25) is 23.6 Å². The molecular formula is C33H30N2O10. The number of benzene rings is 2. The van der Waals surface area contributed by atoms with Gasteiger partial charge >= 0.3 is 17.9 Å². The van der Waals surface area contributed by atoms with E-state index in [2.05, 4.69) is 0 Å². The number of allylic oxidation sites excluding steroid dienone is 1. The molecule has 0 radical (unpaired) electrons. The van der Waals surface area contributed by atoms with Gasteiger partial charge in [-0.1, -0.05) is 12.5 Å². The van der Waals surface area contributed by atoms with Crippen molar-refractivity contribution >= 4 is 52.9 Å². The molecule has 2 aliphatic heterocycles. The van der Waals surface area contributed by atoms with Crippen molar-refractivity contribution < 1.29 is 47.8 Å². The van der Waals surface area contributed by atoms with Crippen LogP contribution in [0.5, 0.6) is 11.5 Å². The molecule has 2 unspecified atom stereocenters. The molecule has 2 saturated heterocycles. The minimum absolute atomic E-state index is 0.0416. The number of nitrogens with zero attached hydrogens (tertiary/aromatic N) is 2. The van der Waals surface area contributed by atoms with Crippen LogP contribution >= 0.6 is 0 Å². The second-order valence-corrected chi connectivity index (χ2v) is 11.8. The SMILES string of the molecule is CCOC(=O)C1=C(C)C2[C@@H]3C(=O)N(c4ccc(OC(C)=O)cc4)C(=O)[C@H]3C1(C)[C@H]1C(=O)N(c3ccc(OC(C)=O)cc3)C(=O)[C@@H]21. The fourth-order valence-electron chi connectivity index (χ4n) is 7.98. The summed E-state index contributed by atoms with van der Waals surface area (Å²) in [5, 5.41) is 0. The van der Waals surface area contributed by atoms with E-state index in [1.807, 2.05) is 0 Å². The molecule has 12 nitrogen and oxygen atoms in total. The predicted octanol–water partition coefficient (Wildman–Crippen LogP) is 2.98. The summed E-state index contributed by atoms with van der Waals surface area (Å²) in [6.07, 6.45) is 0. The van der Waals surface area contributed by atoms with Crippen molar-refractivity contribution in [2.45, 2.75) is 34.6 Å². The molecule has 2 aromatic rings. The average Bonchev–Trinajstić information content (AvgIpc) is 3.39. The van der Waals surface area contributed by atoms with Crippen LogP contribution in [0.1, 0.15) is 34.6 Å². The highest BCUT2D eigenvalue weighted by Crippen LogP contribution is 2.68. The summed E-state index contributed by atoms with van der Waals surface area (Å²) in [4.78, 5) is 95.2. The standard InChI is InChI=1S/C33H30N2O10/c1-6-43-32(42)25-15(2)22-23-26(30(40)34(28(23)38)18-7-11-20(12-8-18)44-16(3)36)33(25,5)27-24(22)29(39)35(31(27)41)19-9-13-21(14-10-19)45-17(4)37/h7-14,22-24,26-27H,6H2,1-5H3/t22?,23-,24-,26-,27+,33?/m0/s1. The van der Waals surface area contributed by atoms with Crippen molar-refractivity contribution in [1.82, 2.24) is 0 Å². The van der Waals surface area contributed by atoms with Crippen molar-refractivity contribution in [2.24, 2.45) is 35.0 Å². The van der Waals surface area contributed by atoms with Crippen LogP contribution in [0.25, 0.3) is 0 Å². The van der Waals surface area contributed by atoms with Crippen LogP contribution in [-0.4, -0.2) is 48.1 Å². The number of hydrogen-bond donors (Lipinski definition) is 0. The zero-order valence-electron chi connectivity index (χ0n) is 25.2. The summed E-state index contributed by atoms with van der Waals surface area (Å²) in [6.45, 7) is 7.43. The zero-order valence-corrected chi connectivity index (χ0v) is 25.2. The summed E-state index contributed by atoms with van der Waals surface area (Å²) < 4.78 is 15.6. The Morgan fingerprint density at radius 3 is 1.44 bits per heavy atom. The maximum Gasteiger partial charge on any atom is 0.334 e. The number of hydrogen-bond acceptors (Lipinski definition) is 10. The van der Waals surface area contributed by atoms with E-state index in [0.717, 1.165) is 9.80 Å². The van der Waals surface area contributed by atoms with Gasteiger partial charge in [-0.2, -0.15) is 0 Å². The number of ether oxygens (including phenoxy) is 3. The minimum atomic E-state index is -1.56. The van der Waals surface area contributed by atoms with Gasteiger partial charge in [-0.3, -0.25) is 38.6 Å². The molecule has 3 fully saturated rings. The topological polar surface area (TPSA) is 154 Å². The number of carbonyl (C=O) groups is 7. The molecule has 3 aliphatic carbocycles. The Morgan fingerprint density at radius 1 is 0.689 bits per heavy atom. The van der Waals surface area contributed by atoms with E-state index in [0.29, 0.717) is 5.57 Å². The van der Waals surface area contributed by atoms with E-state index in [1.165, 1.54) is 62.4 Å². The average molecular weight is 615 g/mol. The maximum atomic E-state index is 14.3. The highest BCUT2D eigenvalue weighted by atomic mass is 16.5. The third-order valence-corrected chi connectivity index (χ3v) is 9.39. The number of imide groups is 2. The van der Waals surface area contributed by atoms with E-state index >= 15 is 0 Å². The molecule has 7 rings (SSSR count). The second kappa shape index (κ2) is 10.5. The first kappa shape index (κ1) is 29.9. The number of esters is 3. The lowest BCUT2D eigenvalue weighted by Gasteiger charge is -2.55. The van der Waals surface area contributed by atoms with Crippen molar-refractivity contribution in [3.05, 3.63) is 59.7 Å². The predicted molar refractivity (Wildman–Crippen MR) is 155 cm³/mol. The van der Waals surface area contributed by atoms with E-state index in [4.69, 9.17) is 14.2 Å². The third kappa shape index (κ3) is 4.22. The molecule has 2 aromatic carbocycles. The molecule has 0 aromatic heterocycles. The van der Waals surface area contributed by atoms with Crippen molar-refractivity contribution in [1.29, 1.82) is 0 Å². The normalized spacial score (nSPS) is 28.3. The van der Waals surface area contributed by atoms with E-state index < -0.39 is 76.5 Å². The molecule has 232 valence electrons. The van der Waals surface area contributed by atoms with Crippen LogP contribution in [0.3, 0.4) is 0 Å². The van der Waals surface area contributed by atoms with Gasteiger partial charge in [-0.05, 0) is 62.4 Å². The summed E-state index contributed by atoms with van der Waals surface area (Å²) in [6, 6.07) is 11.7. The molecule has 12 heteroatoms. The van der Waals surface area contributed by atoms with Gasteiger partial charge < -0.3 is 14.2 Å². The largest absolute Gasteiger partial charge is 0.463 e. The zero-order chi connectivity index (χ0) is 32.5. The fourth-order valence-corrected chi connectivity index (χ4v) is 7.98. The van der Waals surface area contributed by atoms with Crippen LogP contribution in [0.4, 0.5) is 11.4 Å². The van der Waals surface area contributed by atoms with Gasteiger partial charge in [-0.15, -0.1) is 0 Å². The summed E-state index contributed by atoms with van der Waals surface area (Å²) in [5.74, 6) is -8.83. The molecule has 0 N–H and O–H groups in total. The van der Waals surface area contributed by atoms with Gasteiger partial charge in [0.25, 0.3) is 0 Å². The molecule has 6 atom stereocenters. The van der Waals surface area contributed by atoms with Crippen molar-refractivity contribution in [3.8, 4) is 11.5 Å². The Balaban J connectivity index is 1.45. The lowest BCUT2D eigenvalue weighted by molar-refractivity contribution is -0.155. The molecule has 5 aliphatic rings. The van der Waals surface area contributed by atoms with Gasteiger partial charge in [0, 0.05) is 30.8 Å². The summed E-state index contributed by atoms with van der Waals surface area (Å²) >= 11 is 0. The first-order chi connectivity index (χ1) is 21.3. The van der Waals surface area contributed by atoms with E-state index in [1.54, 1.807) is 20.8 Å². The number of amides is 4. The highest BCUT2D eigenvalue weighted by Gasteiger charge is 2.77. The van der Waals surface area contributed by atoms with Gasteiger partial charge in [-0.25, -0.2) is 4.79 Å². The number of carbonyl (C=O) groups excluding carboxylic acids is 7. The Morgan fingerprint density at radius 2 is 1.09 bits per heavy atom. The van der Waals surface area contributed by atoms with Crippen LogP contribution in [0.2, 0.25) is 0 Å². The summed E-state index contributed by atoms with van der Waals surface area (Å²) in [7, 11) is 0. The van der Waals surface area contributed by atoms with E-state index in [9.17, 15) is 33.6 Å². The maximum absolute atomic E-state index is 14.3. The lowest BCUT2D eigenvalue weighted by Crippen LogP contribution is -2.61.